The van der Waals surface area contributed by atoms with Crippen molar-refractivity contribution in [3.05, 3.63) is 29.8 Å². The minimum atomic E-state index is -0.709. The van der Waals surface area contributed by atoms with Crippen molar-refractivity contribution in [2.75, 3.05) is 27.7 Å². The number of carbonyl (C=O) groups is 1. The Hall–Kier alpha value is -1.59. The van der Waals surface area contributed by atoms with E-state index < -0.39 is 6.10 Å². The fraction of sp³-hybridized carbons (Fsp3) is 0.562. The van der Waals surface area contributed by atoms with E-state index in [0.717, 1.165) is 30.6 Å². The third-order valence-electron chi connectivity index (χ3n) is 4.42. The van der Waals surface area contributed by atoms with Crippen LogP contribution in [-0.2, 0) is 4.79 Å². The van der Waals surface area contributed by atoms with E-state index in [1.54, 1.807) is 31.4 Å². The molecule has 0 spiro atoms. The van der Waals surface area contributed by atoms with E-state index in [4.69, 9.17) is 4.74 Å². The molecule has 21 heavy (non-hydrogen) atoms. The van der Waals surface area contributed by atoms with Gasteiger partial charge in [-0.2, -0.15) is 0 Å². The lowest BCUT2D eigenvalue weighted by atomic mass is 9.75. The summed E-state index contributed by atoms with van der Waals surface area (Å²) in [7, 11) is 5.46. The minimum absolute atomic E-state index is 0.00584. The molecule has 1 fully saturated rings. The first kappa shape index (κ1) is 15.8. The molecule has 1 unspecified atom stereocenters. The summed E-state index contributed by atoms with van der Waals surface area (Å²) in [6.45, 7) is 0.223. The zero-order chi connectivity index (χ0) is 15.5. The molecule has 5 heteroatoms. The van der Waals surface area contributed by atoms with Gasteiger partial charge in [0.15, 0.2) is 0 Å². The van der Waals surface area contributed by atoms with E-state index in [1.807, 2.05) is 19.0 Å². The average Bonchev–Trinajstić information content (AvgIpc) is 2.43. The van der Waals surface area contributed by atoms with Crippen molar-refractivity contribution >= 4 is 5.91 Å². The van der Waals surface area contributed by atoms with Gasteiger partial charge < -0.3 is 15.2 Å². The molecule has 1 aliphatic carbocycles. The summed E-state index contributed by atoms with van der Waals surface area (Å²) in [6, 6.07) is 7.21. The molecular formula is C16H24N2O3. The molecule has 1 atom stereocenters. The second kappa shape index (κ2) is 6.45. The molecule has 2 rings (SSSR count). The number of benzene rings is 1. The molecule has 1 amide bonds. The third-order valence-corrected chi connectivity index (χ3v) is 4.42. The van der Waals surface area contributed by atoms with Gasteiger partial charge in [0.25, 0.3) is 0 Å². The molecule has 1 aromatic rings. The van der Waals surface area contributed by atoms with Gasteiger partial charge >= 0.3 is 0 Å². The second-order valence-corrected chi connectivity index (χ2v) is 5.78. The Labute approximate surface area is 125 Å². The van der Waals surface area contributed by atoms with Crippen LogP contribution in [0.25, 0.3) is 0 Å². The van der Waals surface area contributed by atoms with Gasteiger partial charge in [-0.3, -0.25) is 9.69 Å². The Morgan fingerprint density at radius 3 is 2.43 bits per heavy atom. The molecule has 1 saturated carbocycles. The van der Waals surface area contributed by atoms with Gasteiger partial charge in [0.1, 0.15) is 5.75 Å². The number of likely N-dealkylation sites (N-methyl/N-ethyl adjacent to an activating group) is 1. The molecular weight excluding hydrogens is 268 g/mol. The van der Waals surface area contributed by atoms with E-state index in [-0.39, 0.29) is 18.0 Å². The van der Waals surface area contributed by atoms with Crippen molar-refractivity contribution < 1.29 is 14.6 Å². The Morgan fingerprint density at radius 1 is 1.38 bits per heavy atom. The molecule has 0 aliphatic heterocycles. The number of aliphatic hydroxyl groups excluding tert-OH is 1. The van der Waals surface area contributed by atoms with Crippen LogP contribution in [0.4, 0.5) is 0 Å². The standard InChI is InChI=1S/C16H24N2O3/c1-18(2)16(9-4-10-16)15(20)17-11-14(19)12-5-7-13(21-3)8-6-12/h5-8,14,19H,4,9-11H2,1-3H3,(H,17,20). The van der Waals surface area contributed by atoms with Crippen molar-refractivity contribution in [2.24, 2.45) is 0 Å². The number of rotatable bonds is 6. The van der Waals surface area contributed by atoms with Gasteiger partial charge in [-0.05, 0) is 51.1 Å². The van der Waals surface area contributed by atoms with Crippen LogP contribution < -0.4 is 10.1 Å². The van der Waals surface area contributed by atoms with Crippen LogP contribution in [0.3, 0.4) is 0 Å². The van der Waals surface area contributed by atoms with Crippen molar-refractivity contribution in [2.45, 2.75) is 30.9 Å². The van der Waals surface area contributed by atoms with Gasteiger partial charge in [0, 0.05) is 6.54 Å². The maximum atomic E-state index is 12.3. The van der Waals surface area contributed by atoms with Crippen LogP contribution in [0.5, 0.6) is 5.75 Å². The zero-order valence-electron chi connectivity index (χ0n) is 12.9. The first-order valence-corrected chi connectivity index (χ1v) is 7.27. The molecule has 5 nitrogen and oxygen atoms in total. The average molecular weight is 292 g/mol. The number of carbonyl (C=O) groups excluding carboxylic acids is 1. The normalized spacial score (nSPS) is 18.0. The van der Waals surface area contributed by atoms with E-state index in [9.17, 15) is 9.90 Å². The fourth-order valence-electron chi connectivity index (χ4n) is 2.69. The number of aliphatic hydroxyl groups is 1. The van der Waals surface area contributed by atoms with E-state index in [0.29, 0.717) is 0 Å². The Kier molecular flexibility index (Phi) is 4.85. The highest BCUT2D eigenvalue weighted by Gasteiger charge is 2.45. The Balaban J connectivity index is 1.91. The number of nitrogens with zero attached hydrogens (tertiary/aromatic N) is 1. The SMILES string of the molecule is COc1ccc(C(O)CNC(=O)C2(N(C)C)CCC2)cc1. The van der Waals surface area contributed by atoms with Crippen LogP contribution in [0.1, 0.15) is 30.9 Å². The summed E-state index contributed by atoms with van der Waals surface area (Å²) >= 11 is 0. The first-order chi connectivity index (χ1) is 9.99. The molecule has 0 bridgehead atoms. The molecule has 0 saturated heterocycles. The van der Waals surface area contributed by atoms with E-state index >= 15 is 0 Å². The molecule has 0 radical (unpaired) electrons. The predicted octanol–water partition coefficient (Wildman–Crippen LogP) is 1.33. The molecule has 1 aromatic carbocycles. The Morgan fingerprint density at radius 2 is 2.00 bits per heavy atom. The minimum Gasteiger partial charge on any atom is -0.497 e. The van der Waals surface area contributed by atoms with Crippen molar-refractivity contribution in [1.29, 1.82) is 0 Å². The highest BCUT2D eigenvalue weighted by atomic mass is 16.5. The first-order valence-electron chi connectivity index (χ1n) is 7.27. The highest BCUT2D eigenvalue weighted by Crippen LogP contribution is 2.36. The van der Waals surface area contributed by atoms with Crippen molar-refractivity contribution in [3.63, 3.8) is 0 Å². The van der Waals surface area contributed by atoms with Gasteiger partial charge in [0.05, 0.1) is 18.8 Å². The number of hydrogen-bond donors (Lipinski definition) is 2. The molecule has 2 N–H and O–H groups in total. The van der Waals surface area contributed by atoms with Crippen LogP contribution in [0.15, 0.2) is 24.3 Å². The third kappa shape index (κ3) is 3.19. The summed E-state index contributed by atoms with van der Waals surface area (Å²) in [5.41, 5.74) is 0.378. The maximum Gasteiger partial charge on any atom is 0.240 e. The van der Waals surface area contributed by atoms with E-state index in [1.165, 1.54) is 0 Å². The summed E-state index contributed by atoms with van der Waals surface area (Å²) in [6.07, 6.45) is 2.13. The van der Waals surface area contributed by atoms with Crippen molar-refractivity contribution in [1.82, 2.24) is 10.2 Å². The lowest BCUT2D eigenvalue weighted by Gasteiger charge is -2.45. The summed E-state index contributed by atoms with van der Waals surface area (Å²) in [5, 5.41) is 13.0. The van der Waals surface area contributed by atoms with E-state index in [2.05, 4.69) is 5.32 Å². The smallest absolute Gasteiger partial charge is 0.240 e. The van der Waals surface area contributed by atoms with Crippen LogP contribution in [0, 0.1) is 0 Å². The number of nitrogens with one attached hydrogen (secondary N) is 1. The lowest BCUT2D eigenvalue weighted by molar-refractivity contribution is -0.137. The number of ether oxygens (including phenoxy) is 1. The lowest BCUT2D eigenvalue weighted by Crippen LogP contribution is -2.60. The molecule has 116 valence electrons. The maximum absolute atomic E-state index is 12.3. The largest absolute Gasteiger partial charge is 0.497 e. The summed E-state index contributed by atoms with van der Waals surface area (Å²) < 4.78 is 5.08. The number of amides is 1. The van der Waals surface area contributed by atoms with Gasteiger partial charge in [0.2, 0.25) is 5.91 Å². The molecule has 1 aliphatic rings. The Bertz CT molecular complexity index is 481. The van der Waals surface area contributed by atoms with Crippen molar-refractivity contribution in [3.8, 4) is 5.75 Å². The van der Waals surface area contributed by atoms with Gasteiger partial charge in [-0.25, -0.2) is 0 Å². The highest BCUT2D eigenvalue weighted by molar-refractivity contribution is 5.87. The van der Waals surface area contributed by atoms with Crippen LogP contribution in [0.2, 0.25) is 0 Å². The summed E-state index contributed by atoms with van der Waals surface area (Å²) in [5.74, 6) is 0.752. The molecule has 0 heterocycles. The van der Waals surface area contributed by atoms with Gasteiger partial charge in [-0.15, -0.1) is 0 Å². The topological polar surface area (TPSA) is 61.8 Å². The second-order valence-electron chi connectivity index (χ2n) is 5.78. The zero-order valence-corrected chi connectivity index (χ0v) is 12.9. The predicted molar refractivity (Wildman–Crippen MR) is 81.2 cm³/mol. The van der Waals surface area contributed by atoms with Crippen LogP contribution in [-0.4, -0.2) is 49.2 Å². The quantitative estimate of drug-likeness (QED) is 0.830. The molecule has 0 aromatic heterocycles. The van der Waals surface area contributed by atoms with Gasteiger partial charge in [-0.1, -0.05) is 12.1 Å². The number of hydrogen-bond acceptors (Lipinski definition) is 4. The monoisotopic (exact) mass is 292 g/mol. The van der Waals surface area contributed by atoms with Crippen LogP contribution >= 0.6 is 0 Å². The number of methoxy groups -OCH3 is 1. The summed E-state index contributed by atoms with van der Waals surface area (Å²) in [4.78, 5) is 14.3. The fourth-order valence-corrected chi connectivity index (χ4v) is 2.69.